The highest BCUT2D eigenvalue weighted by molar-refractivity contribution is 5.71. The number of carbonyl (C=O) groups is 1. The van der Waals surface area contributed by atoms with Crippen molar-refractivity contribution in [2.45, 2.75) is 38.1 Å². The van der Waals surface area contributed by atoms with Gasteiger partial charge in [-0.05, 0) is 38.8 Å². The van der Waals surface area contributed by atoms with Gasteiger partial charge >= 0.3 is 5.97 Å². The van der Waals surface area contributed by atoms with Gasteiger partial charge < -0.3 is 10.0 Å². The van der Waals surface area contributed by atoms with E-state index in [-0.39, 0.29) is 5.92 Å². The van der Waals surface area contributed by atoms with Gasteiger partial charge in [-0.3, -0.25) is 4.79 Å². The Hall–Kier alpha value is -0.570. The van der Waals surface area contributed by atoms with E-state index in [1.165, 1.54) is 12.8 Å². The number of rotatable bonds is 3. The molecule has 2 aliphatic rings. The van der Waals surface area contributed by atoms with Gasteiger partial charge in [-0.1, -0.05) is 12.8 Å². The van der Waals surface area contributed by atoms with Crippen molar-refractivity contribution in [3.8, 4) is 0 Å². The van der Waals surface area contributed by atoms with Gasteiger partial charge in [0.25, 0.3) is 0 Å². The van der Waals surface area contributed by atoms with Crippen LogP contribution in [0.1, 0.15) is 32.1 Å². The van der Waals surface area contributed by atoms with Crippen molar-refractivity contribution in [3.05, 3.63) is 0 Å². The SMILES string of the molecule is CN1CCCC(C(=O)O)C1CC1CC1. The standard InChI is InChI=1S/C11H19NO2/c1-12-6-2-3-9(11(13)14)10(12)7-8-4-5-8/h8-10H,2-7H2,1H3,(H,13,14). The van der Waals surface area contributed by atoms with Crippen LogP contribution < -0.4 is 0 Å². The first-order valence-corrected chi connectivity index (χ1v) is 5.61. The minimum absolute atomic E-state index is 0.116. The van der Waals surface area contributed by atoms with E-state index in [2.05, 4.69) is 11.9 Å². The first kappa shape index (κ1) is 9.97. The summed E-state index contributed by atoms with van der Waals surface area (Å²) in [6, 6.07) is 0.300. The van der Waals surface area contributed by atoms with E-state index < -0.39 is 5.97 Å². The number of aliphatic carboxylic acids is 1. The third-order valence-corrected chi connectivity index (χ3v) is 3.65. The van der Waals surface area contributed by atoms with Crippen molar-refractivity contribution in [2.75, 3.05) is 13.6 Å². The van der Waals surface area contributed by atoms with Crippen molar-refractivity contribution >= 4 is 5.97 Å². The Morgan fingerprint density at radius 3 is 2.71 bits per heavy atom. The number of nitrogens with zero attached hydrogens (tertiary/aromatic N) is 1. The topological polar surface area (TPSA) is 40.5 Å². The molecule has 2 atom stereocenters. The first-order valence-electron chi connectivity index (χ1n) is 5.61. The molecule has 2 unspecified atom stereocenters. The molecule has 3 nitrogen and oxygen atoms in total. The molecule has 14 heavy (non-hydrogen) atoms. The third-order valence-electron chi connectivity index (χ3n) is 3.65. The fraction of sp³-hybridized carbons (Fsp3) is 0.909. The van der Waals surface area contributed by atoms with E-state index in [4.69, 9.17) is 5.11 Å². The van der Waals surface area contributed by atoms with Crippen molar-refractivity contribution in [1.82, 2.24) is 4.90 Å². The molecule has 1 saturated carbocycles. The number of hydrogen-bond acceptors (Lipinski definition) is 2. The van der Waals surface area contributed by atoms with Crippen LogP contribution in [0.25, 0.3) is 0 Å². The van der Waals surface area contributed by atoms with Crippen LogP contribution in [0.5, 0.6) is 0 Å². The minimum Gasteiger partial charge on any atom is -0.481 e. The van der Waals surface area contributed by atoms with Crippen LogP contribution in [0, 0.1) is 11.8 Å². The molecule has 1 N–H and O–H groups in total. The predicted molar refractivity (Wildman–Crippen MR) is 54.1 cm³/mol. The quantitative estimate of drug-likeness (QED) is 0.746. The summed E-state index contributed by atoms with van der Waals surface area (Å²) < 4.78 is 0. The molecule has 0 bridgehead atoms. The molecule has 0 aromatic carbocycles. The van der Waals surface area contributed by atoms with Crippen LogP contribution in [0.15, 0.2) is 0 Å². The van der Waals surface area contributed by atoms with Gasteiger partial charge in [-0.2, -0.15) is 0 Å². The molecule has 1 aliphatic carbocycles. The second-order valence-corrected chi connectivity index (χ2v) is 4.81. The van der Waals surface area contributed by atoms with Gasteiger partial charge in [0.2, 0.25) is 0 Å². The summed E-state index contributed by atoms with van der Waals surface area (Å²) in [6.07, 6.45) is 5.65. The average molecular weight is 197 g/mol. The Morgan fingerprint density at radius 2 is 2.14 bits per heavy atom. The summed E-state index contributed by atoms with van der Waals surface area (Å²) in [4.78, 5) is 13.3. The van der Waals surface area contributed by atoms with E-state index in [1.54, 1.807) is 0 Å². The molecule has 2 rings (SSSR count). The zero-order valence-corrected chi connectivity index (χ0v) is 8.78. The van der Waals surface area contributed by atoms with Crippen molar-refractivity contribution in [2.24, 2.45) is 11.8 Å². The molecular formula is C11H19NO2. The van der Waals surface area contributed by atoms with Crippen LogP contribution in [0.3, 0.4) is 0 Å². The molecule has 1 aliphatic heterocycles. The van der Waals surface area contributed by atoms with Crippen molar-refractivity contribution in [1.29, 1.82) is 0 Å². The Kier molecular flexibility index (Phi) is 2.77. The first-order chi connectivity index (χ1) is 6.68. The lowest BCUT2D eigenvalue weighted by Gasteiger charge is -2.37. The molecular weight excluding hydrogens is 178 g/mol. The number of likely N-dealkylation sites (tertiary alicyclic amines) is 1. The lowest BCUT2D eigenvalue weighted by atomic mass is 9.86. The van der Waals surface area contributed by atoms with E-state index in [0.29, 0.717) is 6.04 Å². The van der Waals surface area contributed by atoms with Crippen molar-refractivity contribution < 1.29 is 9.90 Å². The fourth-order valence-electron chi connectivity index (χ4n) is 2.55. The summed E-state index contributed by atoms with van der Waals surface area (Å²) in [5, 5.41) is 9.13. The van der Waals surface area contributed by atoms with E-state index in [9.17, 15) is 4.79 Å². The van der Waals surface area contributed by atoms with Crippen LogP contribution in [0.2, 0.25) is 0 Å². The van der Waals surface area contributed by atoms with Gasteiger partial charge in [0.05, 0.1) is 5.92 Å². The average Bonchev–Trinajstić information content (AvgIpc) is 2.91. The van der Waals surface area contributed by atoms with Gasteiger partial charge in [-0.25, -0.2) is 0 Å². The lowest BCUT2D eigenvalue weighted by Crippen LogP contribution is -2.46. The van der Waals surface area contributed by atoms with Crippen LogP contribution in [-0.2, 0) is 4.79 Å². The van der Waals surface area contributed by atoms with Crippen LogP contribution >= 0.6 is 0 Å². The van der Waals surface area contributed by atoms with E-state index in [1.807, 2.05) is 0 Å². The Balaban J connectivity index is 1.99. The molecule has 1 heterocycles. The minimum atomic E-state index is -0.595. The maximum absolute atomic E-state index is 11.1. The normalized spacial score (nSPS) is 34.4. The highest BCUT2D eigenvalue weighted by Gasteiger charge is 2.37. The monoisotopic (exact) mass is 197 g/mol. The number of carboxylic acids is 1. The smallest absolute Gasteiger partial charge is 0.308 e. The molecule has 0 spiro atoms. The highest BCUT2D eigenvalue weighted by atomic mass is 16.4. The molecule has 0 radical (unpaired) electrons. The highest BCUT2D eigenvalue weighted by Crippen LogP contribution is 2.38. The second-order valence-electron chi connectivity index (χ2n) is 4.81. The molecule has 2 fully saturated rings. The van der Waals surface area contributed by atoms with E-state index in [0.717, 1.165) is 31.7 Å². The largest absolute Gasteiger partial charge is 0.481 e. The van der Waals surface area contributed by atoms with Gasteiger partial charge in [0.15, 0.2) is 0 Å². The maximum Gasteiger partial charge on any atom is 0.308 e. The third kappa shape index (κ3) is 2.08. The molecule has 0 aromatic rings. The van der Waals surface area contributed by atoms with Crippen LogP contribution in [-0.4, -0.2) is 35.6 Å². The zero-order chi connectivity index (χ0) is 10.1. The fourth-order valence-corrected chi connectivity index (χ4v) is 2.55. The zero-order valence-electron chi connectivity index (χ0n) is 8.78. The molecule has 3 heteroatoms. The summed E-state index contributed by atoms with van der Waals surface area (Å²) >= 11 is 0. The Labute approximate surface area is 85.1 Å². The summed E-state index contributed by atoms with van der Waals surface area (Å²) in [7, 11) is 2.07. The predicted octanol–water partition coefficient (Wildman–Crippen LogP) is 1.58. The molecule has 0 aromatic heterocycles. The maximum atomic E-state index is 11.1. The molecule has 80 valence electrons. The summed E-state index contributed by atoms with van der Waals surface area (Å²) in [5.74, 6) is 0.110. The second kappa shape index (κ2) is 3.89. The summed E-state index contributed by atoms with van der Waals surface area (Å²) in [5.41, 5.74) is 0. The number of piperidine rings is 1. The number of carboxylic acid groups (broad SMARTS) is 1. The Bertz CT molecular complexity index is 225. The molecule has 0 amide bonds. The van der Waals surface area contributed by atoms with Gasteiger partial charge in [0.1, 0.15) is 0 Å². The number of hydrogen-bond donors (Lipinski definition) is 1. The Morgan fingerprint density at radius 1 is 1.43 bits per heavy atom. The lowest BCUT2D eigenvalue weighted by molar-refractivity contribution is -0.145. The van der Waals surface area contributed by atoms with Gasteiger partial charge in [0, 0.05) is 6.04 Å². The van der Waals surface area contributed by atoms with E-state index >= 15 is 0 Å². The van der Waals surface area contributed by atoms with Crippen LogP contribution in [0.4, 0.5) is 0 Å². The summed E-state index contributed by atoms with van der Waals surface area (Å²) in [6.45, 7) is 1.07. The van der Waals surface area contributed by atoms with Gasteiger partial charge in [-0.15, -0.1) is 0 Å². The van der Waals surface area contributed by atoms with Crippen molar-refractivity contribution in [3.63, 3.8) is 0 Å². The molecule has 1 saturated heterocycles.